The number of carboxylic acid groups (broad SMARTS) is 1. The van der Waals surface area contributed by atoms with Crippen molar-refractivity contribution in [2.75, 3.05) is 20.3 Å². The van der Waals surface area contributed by atoms with Gasteiger partial charge in [0.05, 0.1) is 12.0 Å². The second-order valence-electron chi connectivity index (χ2n) is 9.97. The summed E-state index contributed by atoms with van der Waals surface area (Å²) in [6, 6.07) is 18.9. The molecule has 5 rings (SSSR count). The van der Waals surface area contributed by atoms with Gasteiger partial charge >= 0.3 is 5.97 Å². The van der Waals surface area contributed by atoms with Crippen molar-refractivity contribution in [2.24, 2.45) is 0 Å². The normalized spacial score (nSPS) is 16.9. The summed E-state index contributed by atoms with van der Waals surface area (Å²) >= 11 is 0. The summed E-state index contributed by atoms with van der Waals surface area (Å²) in [5, 5.41) is 8.89. The zero-order valence-electron chi connectivity index (χ0n) is 21.1. The molecule has 37 heavy (non-hydrogen) atoms. The van der Waals surface area contributed by atoms with Gasteiger partial charge in [0.25, 0.3) is 0 Å². The number of nitrogens with zero attached hydrogens (tertiary/aromatic N) is 1. The van der Waals surface area contributed by atoms with Crippen molar-refractivity contribution in [1.29, 1.82) is 0 Å². The molecule has 8 heteroatoms. The Hall–Kier alpha value is -3.36. The quantitative estimate of drug-likeness (QED) is 0.462. The molecule has 1 heterocycles. The first-order valence-corrected chi connectivity index (χ1v) is 13.9. The minimum Gasteiger partial charge on any atom is -0.497 e. The molecule has 194 valence electrons. The second-order valence-corrected chi connectivity index (χ2v) is 11.9. The highest BCUT2D eigenvalue weighted by molar-refractivity contribution is 7.89. The molecular formula is C29H31NO6S. The Morgan fingerprint density at radius 1 is 1.03 bits per heavy atom. The summed E-state index contributed by atoms with van der Waals surface area (Å²) in [4.78, 5) is 11.0. The summed E-state index contributed by atoms with van der Waals surface area (Å²) in [7, 11) is -2.14. The van der Waals surface area contributed by atoms with Crippen LogP contribution < -0.4 is 9.47 Å². The molecule has 7 nitrogen and oxygen atoms in total. The molecule has 1 N–H and O–H groups in total. The van der Waals surface area contributed by atoms with Crippen LogP contribution in [0.15, 0.2) is 65.6 Å². The Bertz CT molecular complexity index is 1440. The summed E-state index contributed by atoms with van der Waals surface area (Å²) in [6.45, 7) is 2.00. The van der Waals surface area contributed by atoms with E-state index in [0.29, 0.717) is 24.4 Å². The lowest BCUT2D eigenvalue weighted by Gasteiger charge is -2.41. The number of ether oxygens (including phenoxy) is 2. The molecule has 1 aliphatic carbocycles. The van der Waals surface area contributed by atoms with E-state index in [4.69, 9.17) is 14.6 Å². The van der Waals surface area contributed by atoms with Crippen molar-refractivity contribution in [3.63, 3.8) is 0 Å². The zero-order valence-corrected chi connectivity index (χ0v) is 21.9. The highest BCUT2D eigenvalue weighted by atomic mass is 32.2. The molecule has 3 aromatic carbocycles. The fraction of sp³-hybridized carbons (Fsp3) is 0.345. The predicted octanol–water partition coefficient (Wildman–Crippen LogP) is 5.15. The van der Waals surface area contributed by atoms with E-state index in [0.717, 1.165) is 48.1 Å². The van der Waals surface area contributed by atoms with Crippen molar-refractivity contribution >= 4 is 16.0 Å². The van der Waals surface area contributed by atoms with Crippen molar-refractivity contribution < 1.29 is 27.8 Å². The number of benzene rings is 3. The van der Waals surface area contributed by atoms with E-state index in [1.807, 2.05) is 24.3 Å². The topological polar surface area (TPSA) is 93.1 Å². The first-order valence-electron chi connectivity index (χ1n) is 12.5. The lowest BCUT2D eigenvalue weighted by atomic mass is 9.74. The van der Waals surface area contributed by atoms with Crippen molar-refractivity contribution in [1.82, 2.24) is 4.31 Å². The molecule has 0 unspecified atom stereocenters. The monoisotopic (exact) mass is 521 g/mol. The van der Waals surface area contributed by atoms with Gasteiger partial charge in [0.2, 0.25) is 10.0 Å². The molecular weight excluding hydrogens is 490 g/mol. The maximum atomic E-state index is 13.9. The summed E-state index contributed by atoms with van der Waals surface area (Å²) in [6.07, 6.45) is 4.09. The van der Waals surface area contributed by atoms with Gasteiger partial charge < -0.3 is 14.6 Å². The summed E-state index contributed by atoms with van der Waals surface area (Å²) in [5.41, 5.74) is 4.74. The lowest BCUT2D eigenvalue weighted by molar-refractivity contribution is -0.139. The number of methoxy groups -OCH3 is 1. The molecule has 1 fully saturated rings. The van der Waals surface area contributed by atoms with E-state index in [1.54, 1.807) is 24.4 Å². The molecule has 0 atom stereocenters. The van der Waals surface area contributed by atoms with Gasteiger partial charge in [-0.1, -0.05) is 37.1 Å². The Balaban J connectivity index is 1.51. The first kappa shape index (κ1) is 25.3. The molecule has 1 aliphatic heterocycles. The molecule has 1 spiro atoms. The van der Waals surface area contributed by atoms with E-state index >= 15 is 0 Å². The predicted molar refractivity (Wildman–Crippen MR) is 140 cm³/mol. The molecule has 0 bridgehead atoms. The van der Waals surface area contributed by atoms with Crippen molar-refractivity contribution in [3.05, 3.63) is 77.4 Å². The smallest absolute Gasteiger partial charge is 0.341 e. The van der Waals surface area contributed by atoms with Crippen LogP contribution in [0.4, 0.5) is 0 Å². The van der Waals surface area contributed by atoms with Crippen LogP contribution in [0.5, 0.6) is 11.5 Å². The molecule has 0 aromatic heterocycles. The van der Waals surface area contributed by atoms with Crippen molar-refractivity contribution in [2.45, 2.75) is 49.5 Å². The van der Waals surface area contributed by atoms with E-state index in [9.17, 15) is 13.2 Å². The molecule has 0 amide bonds. The summed E-state index contributed by atoms with van der Waals surface area (Å²) in [5.74, 6) is 0.0524. The maximum Gasteiger partial charge on any atom is 0.341 e. The van der Waals surface area contributed by atoms with Crippen LogP contribution in [0.3, 0.4) is 0 Å². The second kappa shape index (κ2) is 9.84. The number of aliphatic carboxylic acids is 1. The Morgan fingerprint density at radius 2 is 1.78 bits per heavy atom. The number of hydrogen-bond acceptors (Lipinski definition) is 5. The molecule has 3 aromatic rings. The largest absolute Gasteiger partial charge is 0.497 e. The van der Waals surface area contributed by atoms with Gasteiger partial charge in [-0.3, -0.25) is 0 Å². The number of sulfonamides is 1. The van der Waals surface area contributed by atoms with E-state index in [-0.39, 0.29) is 10.3 Å². The number of fused-ring (bicyclic) bond motifs is 2. The van der Waals surface area contributed by atoms with Crippen molar-refractivity contribution in [3.8, 4) is 22.6 Å². The van der Waals surface area contributed by atoms with E-state index in [1.165, 1.54) is 17.7 Å². The van der Waals surface area contributed by atoms with E-state index < -0.39 is 22.6 Å². The van der Waals surface area contributed by atoms with Gasteiger partial charge in [0.1, 0.15) is 11.5 Å². The lowest BCUT2D eigenvalue weighted by Crippen LogP contribution is -2.46. The Kier molecular flexibility index (Phi) is 6.72. The Labute approximate surface area is 217 Å². The standard InChI is InChI=1S/C29H31NO6S/c1-20-14-25(9-11-27(20)36-18-28(31)32)37(33,34)30-17-23-15-22(21-6-5-7-24(16-21)35-2)8-10-26(23)29(19-30)12-3-4-13-29/h5-11,14-16H,3-4,12-13,17-19H2,1-2H3,(H,31,32). The van der Waals surface area contributed by atoms with Gasteiger partial charge in [0.15, 0.2) is 6.61 Å². The Morgan fingerprint density at radius 3 is 2.49 bits per heavy atom. The zero-order chi connectivity index (χ0) is 26.2. The molecule has 1 saturated carbocycles. The summed E-state index contributed by atoms with van der Waals surface area (Å²) < 4.78 is 40.1. The van der Waals surface area contributed by atoms with Crippen LogP contribution in [-0.4, -0.2) is 44.1 Å². The third-order valence-electron chi connectivity index (χ3n) is 7.60. The van der Waals surface area contributed by atoms with Gasteiger partial charge in [-0.2, -0.15) is 4.31 Å². The van der Waals surface area contributed by atoms with Crippen LogP contribution in [0, 0.1) is 6.92 Å². The van der Waals surface area contributed by atoms with Crippen LogP contribution in [0.1, 0.15) is 42.4 Å². The average molecular weight is 522 g/mol. The van der Waals surface area contributed by atoms with Gasteiger partial charge in [-0.25, -0.2) is 13.2 Å². The molecule has 0 saturated heterocycles. The number of hydrogen-bond donors (Lipinski definition) is 1. The van der Waals surface area contributed by atoms with Gasteiger partial charge in [0, 0.05) is 18.5 Å². The number of aryl methyl sites for hydroxylation is 1. The SMILES string of the molecule is COc1cccc(-c2ccc3c(c2)CN(S(=O)(=O)c2ccc(OCC(=O)O)c(C)c2)CC32CCCC2)c1. The maximum absolute atomic E-state index is 13.9. The third kappa shape index (κ3) is 4.83. The fourth-order valence-corrected chi connectivity index (χ4v) is 7.36. The van der Waals surface area contributed by atoms with E-state index in [2.05, 4.69) is 18.2 Å². The first-order chi connectivity index (χ1) is 17.7. The highest BCUT2D eigenvalue weighted by Crippen LogP contribution is 2.48. The minimum absolute atomic E-state index is 0.187. The minimum atomic E-state index is -3.79. The number of carboxylic acids is 1. The highest BCUT2D eigenvalue weighted by Gasteiger charge is 2.45. The molecule has 0 radical (unpaired) electrons. The van der Waals surface area contributed by atoms with Crippen LogP contribution in [0.25, 0.3) is 11.1 Å². The number of rotatable bonds is 7. The third-order valence-corrected chi connectivity index (χ3v) is 9.39. The average Bonchev–Trinajstić information content (AvgIpc) is 3.36. The van der Waals surface area contributed by atoms with Gasteiger partial charge in [-0.15, -0.1) is 0 Å². The van der Waals surface area contributed by atoms with Crippen LogP contribution in [-0.2, 0) is 26.8 Å². The fourth-order valence-electron chi connectivity index (χ4n) is 5.77. The van der Waals surface area contributed by atoms with Crippen LogP contribution >= 0.6 is 0 Å². The van der Waals surface area contributed by atoms with Gasteiger partial charge in [-0.05, 0) is 84.0 Å². The number of carbonyl (C=O) groups is 1. The van der Waals surface area contributed by atoms with Crippen LogP contribution in [0.2, 0.25) is 0 Å². The molecule has 2 aliphatic rings.